The van der Waals surface area contributed by atoms with Crippen molar-refractivity contribution in [2.24, 2.45) is 5.73 Å². The summed E-state index contributed by atoms with van der Waals surface area (Å²) in [5.41, 5.74) is 7.35. The summed E-state index contributed by atoms with van der Waals surface area (Å²) < 4.78 is 10.5. The second-order valence-electron chi connectivity index (χ2n) is 4.63. The second kappa shape index (κ2) is 7.77. The fourth-order valence-electron chi connectivity index (χ4n) is 1.92. The first kappa shape index (κ1) is 14.7. The molecule has 0 saturated heterocycles. The molecule has 5 heteroatoms. The maximum Gasteiger partial charge on any atom is 0.243 e. The van der Waals surface area contributed by atoms with E-state index in [0.29, 0.717) is 31.3 Å². The third-order valence-electron chi connectivity index (χ3n) is 3.06. The number of benzene rings is 1. The van der Waals surface area contributed by atoms with Crippen molar-refractivity contribution in [2.45, 2.75) is 32.2 Å². The lowest BCUT2D eigenvalue weighted by Crippen LogP contribution is -2.12. The number of aryl methyl sites for hydroxylation is 1. The van der Waals surface area contributed by atoms with Gasteiger partial charge in [0.25, 0.3) is 0 Å². The molecule has 1 unspecified atom stereocenters. The molecule has 0 bridgehead atoms. The van der Waals surface area contributed by atoms with Gasteiger partial charge in [-0.2, -0.15) is 4.98 Å². The normalized spacial score (nSPS) is 12.5. The van der Waals surface area contributed by atoms with Gasteiger partial charge in [-0.25, -0.2) is 0 Å². The van der Waals surface area contributed by atoms with Gasteiger partial charge in [0.15, 0.2) is 5.82 Å². The summed E-state index contributed by atoms with van der Waals surface area (Å²) in [5, 5.41) is 3.92. The van der Waals surface area contributed by atoms with Crippen molar-refractivity contribution in [2.75, 3.05) is 13.2 Å². The molecule has 5 nitrogen and oxygen atoms in total. The molecule has 0 spiro atoms. The zero-order chi connectivity index (χ0) is 14.2. The van der Waals surface area contributed by atoms with E-state index in [1.54, 1.807) is 0 Å². The minimum Gasteiger partial charge on any atom is -0.381 e. The molecule has 1 aromatic carbocycles. The maximum atomic E-state index is 6.08. The molecule has 108 valence electrons. The van der Waals surface area contributed by atoms with E-state index < -0.39 is 0 Å². The van der Waals surface area contributed by atoms with Crippen LogP contribution < -0.4 is 5.73 Å². The monoisotopic (exact) mass is 275 g/mol. The van der Waals surface area contributed by atoms with E-state index in [1.165, 1.54) is 5.56 Å². The van der Waals surface area contributed by atoms with Crippen LogP contribution in [0.25, 0.3) is 0 Å². The number of hydrogen-bond acceptors (Lipinski definition) is 5. The highest BCUT2D eigenvalue weighted by atomic mass is 16.5. The lowest BCUT2D eigenvalue weighted by molar-refractivity contribution is 0.149. The van der Waals surface area contributed by atoms with Gasteiger partial charge in [-0.3, -0.25) is 0 Å². The Kier molecular flexibility index (Phi) is 5.70. The third kappa shape index (κ3) is 4.43. The fraction of sp³-hybridized carbons (Fsp3) is 0.467. The van der Waals surface area contributed by atoms with Gasteiger partial charge >= 0.3 is 0 Å². The van der Waals surface area contributed by atoms with Crippen LogP contribution in [0.1, 0.15) is 36.7 Å². The van der Waals surface area contributed by atoms with Crippen LogP contribution in [0.2, 0.25) is 0 Å². The van der Waals surface area contributed by atoms with Crippen molar-refractivity contribution in [3.63, 3.8) is 0 Å². The molecule has 0 aliphatic rings. The largest absolute Gasteiger partial charge is 0.381 e. The predicted molar refractivity (Wildman–Crippen MR) is 76.2 cm³/mol. The van der Waals surface area contributed by atoms with Gasteiger partial charge in [-0.05, 0) is 25.3 Å². The van der Waals surface area contributed by atoms with Gasteiger partial charge < -0.3 is 15.0 Å². The average Bonchev–Trinajstić information content (AvgIpc) is 2.95. The summed E-state index contributed by atoms with van der Waals surface area (Å²) in [6.45, 7) is 3.26. The van der Waals surface area contributed by atoms with E-state index in [2.05, 4.69) is 22.3 Å². The zero-order valence-corrected chi connectivity index (χ0v) is 11.8. The molecule has 1 aromatic heterocycles. The van der Waals surface area contributed by atoms with E-state index in [0.717, 1.165) is 12.8 Å². The summed E-state index contributed by atoms with van der Waals surface area (Å²) in [4.78, 5) is 4.31. The molecule has 0 saturated carbocycles. The van der Waals surface area contributed by atoms with Crippen LogP contribution in [0.4, 0.5) is 0 Å². The first-order chi connectivity index (χ1) is 9.79. The molecule has 1 atom stereocenters. The van der Waals surface area contributed by atoms with Crippen molar-refractivity contribution < 1.29 is 9.26 Å². The predicted octanol–water partition coefficient (Wildman–Crippen LogP) is 2.28. The molecule has 0 aliphatic heterocycles. The van der Waals surface area contributed by atoms with Gasteiger partial charge in [-0.1, -0.05) is 35.5 Å². The first-order valence-corrected chi connectivity index (χ1v) is 6.99. The van der Waals surface area contributed by atoms with Crippen molar-refractivity contribution in [1.82, 2.24) is 10.1 Å². The van der Waals surface area contributed by atoms with Crippen LogP contribution in [-0.4, -0.2) is 23.4 Å². The Labute approximate surface area is 119 Å². The van der Waals surface area contributed by atoms with Crippen molar-refractivity contribution >= 4 is 0 Å². The van der Waals surface area contributed by atoms with Gasteiger partial charge in [0.2, 0.25) is 5.89 Å². The van der Waals surface area contributed by atoms with Gasteiger partial charge in [0.1, 0.15) is 0 Å². The standard InChI is InChI=1S/C15H21N3O2/c1-2-19-11-10-14-17-15(20-18-14)13(16)9-8-12-6-4-3-5-7-12/h3-7,13H,2,8-11,16H2,1H3. The molecule has 0 amide bonds. The molecule has 2 N–H and O–H groups in total. The lowest BCUT2D eigenvalue weighted by atomic mass is 10.1. The van der Waals surface area contributed by atoms with Crippen molar-refractivity contribution in [3.8, 4) is 0 Å². The first-order valence-electron chi connectivity index (χ1n) is 6.99. The zero-order valence-electron chi connectivity index (χ0n) is 11.8. The number of nitrogens with zero attached hydrogens (tertiary/aromatic N) is 2. The molecule has 2 aromatic rings. The number of aromatic nitrogens is 2. The van der Waals surface area contributed by atoms with E-state index in [4.69, 9.17) is 15.0 Å². The Bertz CT molecular complexity index is 499. The fourth-order valence-corrected chi connectivity index (χ4v) is 1.92. The highest BCUT2D eigenvalue weighted by Gasteiger charge is 2.14. The van der Waals surface area contributed by atoms with Crippen LogP contribution >= 0.6 is 0 Å². The van der Waals surface area contributed by atoms with Crippen molar-refractivity contribution in [3.05, 3.63) is 47.6 Å². The summed E-state index contributed by atoms with van der Waals surface area (Å²) in [6.07, 6.45) is 2.35. The molecular weight excluding hydrogens is 254 g/mol. The van der Waals surface area contributed by atoms with Crippen LogP contribution in [0.3, 0.4) is 0 Å². The van der Waals surface area contributed by atoms with E-state index in [1.807, 2.05) is 25.1 Å². The summed E-state index contributed by atoms with van der Waals surface area (Å²) in [7, 11) is 0. The summed E-state index contributed by atoms with van der Waals surface area (Å²) in [5.74, 6) is 1.16. The lowest BCUT2D eigenvalue weighted by Gasteiger charge is -2.06. The SMILES string of the molecule is CCOCCc1noc(C(N)CCc2ccccc2)n1. The van der Waals surface area contributed by atoms with Crippen LogP contribution in [0.15, 0.2) is 34.9 Å². The van der Waals surface area contributed by atoms with E-state index in [9.17, 15) is 0 Å². The number of nitrogens with two attached hydrogens (primary N) is 1. The number of rotatable bonds is 8. The maximum absolute atomic E-state index is 6.08. The van der Waals surface area contributed by atoms with Crippen LogP contribution in [0, 0.1) is 0 Å². The smallest absolute Gasteiger partial charge is 0.243 e. The molecular formula is C15H21N3O2. The second-order valence-corrected chi connectivity index (χ2v) is 4.63. The van der Waals surface area contributed by atoms with E-state index >= 15 is 0 Å². The highest BCUT2D eigenvalue weighted by Crippen LogP contribution is 2.15. The molecule has 0 aliphatic carbocycles. The minimum absolute atomic E-state index is 0.219. The number of ether oxygens (including phenoxy) is 1. The quantitative estimate of drug-likeness (QED) is 0.748. The van der Waals surface area contributed by atoms with E-state index in [-0.39, 0.29) is 6.04 Å². The Morgan fingerprint density at radius 1 is 1.25 bits per heavy atom. The highest BCUT2D eigenvalue weighted by molar-refractivity contribution is 5.15. The Balaban J connectivity index is 1.81. The van der Waals surface area contributed by atoms with Gasteiger partial charge in [0.05, 0.1) is 12.6 Å². The topological polar surface area (TPSA) is 74.2 Å². The Morgan fingerprint density at radius 2 is 2.05 bits per heavy atom. The molecule has 2 rings (SSSR count). The van der Waals surface area contributed by atoms with Crippen LogP contribution in [-0.2, 0) is 17.6 Å². The Morgan fingerprint density at radius 3 is 2.80 bits per heavy atom. The van der Waals surface area contributed by atoms with Gasteiger partial charge in [-0.15, -0.1) is 0 Å². The molecule has 20 heavy (non-hydrogen) atoms. The van der Waals surface area contributed by atoms with Crippen LogP contribution in [0.5, 0.6) is 0 Å². The number of hydrogen-bond donors (Lipinski definition) is 1. The summed E-state index contributed by atoms with van der Waals surface area (Å²) >= 11 is 0. The average molecular weight is 275 g/mol. The van der Waals surface area contributed by atoms with Gasteiger partial charge in [0, 0.05) is 13.0 Å². The Hall–Kier alpha value is -1.72. The van der Waals surface area contributed by atoms with Crippen molar-refractivity contribution in [1.29, 1.82) is 0 Å². The third-order valence-corrected chi connectivity index (χ3v) is 3.06. The minimum atomic E-state index is -0.219. The summed E-state index contributed by atoms with van der Waals surface area (Å²) in [6, 6.07) is 10.0. The molecule has 1 heterocycles. The molecule has 0 fully saturated rings. The molecule has 0 radical (unpaired) electrons.